The third-order valence-electron chi connectivity index (χ3n) is 5.31. The van der Waals surface area contributed by atoms with Gasteiger partial charge in [0.15, 0.2) is 9.84 Å². The van der Waals surface area contributed by atoms with E-state index in [1.54, 1.807) is 7.11 Å². The third kappa shape index (κ3) is 3.61. The topological polar surface area (TPSA) is 64.4 Å². The zero-order valence-electron chi connectivity index (χ0n) is 14.1. The second-order valence-electron chi connectivity index (χ2n) is 7.02. The van der Waals surface area contributed by atoms with Crippen LogP contribution < -0.4 is 0 Å². The van der Waals surface area contributed by atoms with Crippen molar-refractivity contribution in [1.29, 1.82) is 0 Å². The first-order chi connectivity index (χ1) is 11.0. The highest BCUT2D eigenvalue weighted by Crippen LogP contribution is 2.43. The molecule has 0 amide bonds. The van der Waals surface area contributed by atoms with E-state index >= 15 is 0 Å². The average Bonchev–Trinajstić information content (AvgIpc) is 2.95. The fourth-order valence-corrected chi connectivity index (χ4v) is 5.39. The van der Waals surface area contributed by atoms with Crippen LogP contribution in [0.25, 0.3) is 0 Å². The second-order valence-corrected chi connectivity index (χ2v) is 9.25. The van der Waals surface area contributed by atoms with Crippen LogP contribution in [-0.4, -0.2) is 61.4 Å². The van der Waals surface area contributed by atoms with Crippen LogP contribution in [0.2, 0.25) is 0 Å². The molecule has 6 nitrogen and oxygen atoms in total. The molecule has 1 saturated carbocycles. The molecule has 0 radical (unpaired) electrons. The zero-order chi connectivity index (χ0) is 16.5. The summed E-state index contributed by atoms with van der Waals surface area (Å²) in [5.74, 6) is 0.458. The van der Waals surface area contributed by atoms with Gasteiger partial charge in [0.25, 0.3) is 0 Å². The molecule has 1 aromatic heterocycles. The van der Waals surface area contributed by atoms with E-state index in [1.165, 1.54) is 19.3 Å². The van der Waals surface area contributed by atoms with Crippen LogP contribution in [0.1, 0.15) is 37.8 Å². The van der Waals surface area contributed by atoms with E-state index in [0.717, 1.165) is 25.3 Å². The number of hydrogen-bond donors (Lipinski definition) is 0. The molecule has 0 N–H and O–H groups in total. The standard InChI is InChI=1S/C16H27N3O3S/c1-3-19-10-14(9-17-19)15-11-23(20,21)8-7-18(15)12-16(13-22-2)5-4-6-16/h9-10,15H,3-8,11-13H2,1-2H3. The lowest BCUT2D eigenvalue weighted by Gasteiger charge is -2.47. The van der Waals surface area contributed by atoms with Gasteiger partial charge < -0.3 is 4.74 Å². The predicted molar refractivity (Wildman–Crippen MR) is 89.0 cm³/mol. The molecule has 1 atom stereocenters. The lowest BCUT2D eigenvalue weighted by molar-refractivity contribution is -0.0195. The minimum Gasteiger partial charge on any atom is -0.384 e. The zero-order valence-corrected chi connectivity index (χ0v) is 14.9. The highest BCUT2D eigenvalue weighted by atomic mass is 32.2. The van der Waals surface area contributed by atoms with Gasteiger partial charge in [-0.05, 0) is 19.8 Å². The van der Waals surface area contributed by atoms with Crippen LogP contribution in [-0.2, 0) is 21.1 Å². The van der Waals surface area contributed by atoms with Gasteiger partial charge in [-0.1, -0.05) is 6.42 Å². The van der Waals surface area contributed by atoms with E-state index < -0.39 is 9.84 Å². The monoisotopic (exact) mass is 341 g/mol. The number of aryl methyl sites for hydroxylation is 1. The third-order valence-corrected chi connectivity index (χ3v) is 6.94. The summed E-state index contributed by atoms with van der Waals surface area (Å²) in [4.78, 5) is 2.34. The van der Waals surface area contributed by atoms with Crippen molar-refractivity contribution in [1.82, 2.24) is 14.7 Å². The Morgan fingerprint density at radius 2 is 2.22 bits per heavy atom. The Bertz CT molecular complexity index is 637. The Kier molecular flexibility index (Phi) is 4.80. The highest BCUT2D eigenvalue weighted by Gasteiger charge is 2.42. The van der Waals surface area contributed by atoms with Crippen LogP contribution in [0.15, 0.2) is 12.4 Å². The van der Waals surface area contributed by atoms with Gasteiger partial charge in [0.1, 0.15) is 0 Å². The van der Waals surface area contributed by atoms with Crippen molar-refractivity contribution in [2.45, 2.75) is 38.8 Å². The van der Waals surface area contributed by atoms with Crippen molar-refractivity contribution in [3.8, 4) is 0 Å². The molecule has 1 unspecified atom stereocenters. The van der Waals surface area contributed by atoms with Crippen LogP contribution in [0.5, 0.6) is 0 Å². The quantitative estimate of drug-likeness (QED) is 0.784. The first kappa shape index (κ1) is 16.9. The summed E-state index contributed by atoms with van der Waals surface area (Å²) in [5, 5.41) is 4.33. The fraction of sp³-hybridized carbons (Fsp3) is 0.812. The molecular weight excluding hydrogens is 314 g/mol. The van der Waals surface area contributed by atoms with E-state index in [0.29, 0.717) is 6.54 Å². The summed E-state index contributed by atoms with van der Waals surface area (Å²) in [6, 6.07) is -0.0802. The number of sulfone groups is 1. The van der Waals surface area contributed by atoms with E-state index in [4.69, 9.17) is 4.74 Å². The minimum absolute atomic E-state index is 0.0802. The summed E-state index contributed by atoms with van der Waals surface area (Å²) < 4.78 is 31.6. The summed E-state index contributed by atoms with van der Waals surface area (Å²) in [6.45, 7) is 5.12. The molecule has 1 aliphatic carbocycles. The molecule has 2 aliphatic rings. The van der Waals surface area contributed by atoms with Crippen LogP contribution in [0, 0.1) is 5.41 Å². The van der Waals surface area contributed by atoms with Crippen molar-refractivity contribution in [3.05, 3.63) is 18.0 Å². The van der Waals surface area contributed by atoms with Gasteiger partial charge in [0, 0.05) is 43.9 Å². The highest BCUT2D eigenvalue weighted by molar-refractivity contribution is 7.91. The molecule has 1 aromatic rings. The molecular formula is C16H27N3O3S. The molecule has 2 heterocycles. The molecule has 0 bridgehead atoms. The normalized spacial score (nSPS) is 26.8. The number of rotatable bonds is 6. The Balaban J connectivity index is 1.81. The number of hydrogen-bond acceptors (Lipinski definition) is 5. The largest absolute Gasteiger partial charge is 0.384 e. The molecule has 1 aliphatic heterocycles. The Morgan fingerprint density at radius 1 is 1.43 bits per heavy atom. The molecule has 130 valence electrons. The van der Waals surface area contributed by atoms with Gasteiger partial charge in [-0.25, -0.2) is 8.42 Å². The first-order valence-corrected chi connectivity index (χ1v) is 10.2. The first-order valence-electron chi connectivity index (χ1n) is 8.43. The van der Waals surface area contributed by atoms with Crippen LogP contribution in [0.3, 0.4) is 0 Å². The molecule has 23 heavy (non-hydrogen) atoms. The number of nitrogens with zero attached hydrogens (tertiary/aromatic N) is 3. The molecule has 0 spiro atoms. The van der Waals surface area contributed by atoms with Crippen molar-refractivity contribution < 1.29 is 13.2 Å². The van der Waals surface area contributed by atoms with E-state index in [-0.39, 0.29) is 23.0 Å². The van der Waals surface area contributed by atoms with E-state index in [2.05, 4.69) is 10.00 Å². The fourth-order valence-electron chi connectivity index (χ4n) is 3.82. The van der Waals surface area contributed by atoms with Gasteiger partial charge in [0.2, 0.25) is 0 Å². The average molecular weight is 341 g/mol. The Labute approximate surface area is 138 Å². The molecule has 1 saturated heterocycles. The summed E-state index contributed by atoms with van der Waals surface area (Å²) in [5.41, 5.74) is 1.22. The van der Waals surface area contributed by atoms with Gasteiger partial charge in [-0.15, -0.1) is 0 Å². The van der Waals surface area contributed by atoms with Gasteiger partial charge in [0.05, 0.1) is 30.4 Å². The maximum atomic E-state index is 12.2. The smallest absolute Gasteiger partial charge is 0.153 e. The summed E-state index contributed by atoms with van der Waals surface area (Å²) >= 11 is 0. The summed E-state index contributed by atoms with van der Waals surface area (Å²) in [7, 11) is -1.22. The Morgan fingerprint density at radius 3 is 2.78 bits per heavy atom. The molecule has 0 aromatic carbocycles. The molecule has 3 rings (SSSR count). The maximum Gasteiger partial charge on any atom is 0.153 e. The number of ether oxygens (including phenoxy) is 1. The second kappa shape index (κ2) is 6.53. The minimum atomic E-state index is -2.98. The lowest BCUT2D eigenvalue weighted by atomic mass is 9.69. The molecule has 2 fully saturated rings. The number of aromatic nitrogens is 2. The van der Waals surface area contributed by atoms with Gasteiger partial charge in [-0.2, -0.15) is 5.10 Å². The van der Waals surface area contributed by atoms with Crippen molar-refractivity contribution in [2.24, 2.45) is 5.41 Å². The van der Waals surface area contributed by atoms with Crippen LogP contribution in [0.4, 0.5) is 0 Å². The molecule has 7 heteroatoms. The van der Waals surface area contributed by atoms with Crippen molar-refractivity contribution in [3.63, 3.8) is 0 Å². The lowest BCUT2D eigenvalue weighted by Crippen LogP contribution is -2.51. The Hall–Kier alpha value is -0.920. The van der Waals surface area contributed by atoms with Crippen molar-refractivity contribution >= 4 is 9.84 Å². The van der Waals surface area contributed by atoms with E-state index in [9.17, 15) is 8.42 Å². The SMILES string of the molecule is CCn1cc(C2CS(=O)(=O)CCN2CC2(COC)CCC2)cn1. The number of methoxy groups -OCH3 is 1. The summed E-state index contributed by atoms with van der Waals surface area (Å²) in [6.07, 6.45) is 7.40. The van der Waals surface area contributed by atoms with Crippen LogP contribution >= 0.6 is 0 Å². The van der Waals surface area contributed by atoms with Gasteiger partial charge >= 0.3 is 0 Å². The van der Waals surface area contributed by atoms with Gasteiger partial charge in [-0.3, -0.25) is 9.58 Å². The predicted octanol–water partition coefficient (Wildman–Crippen LogP) is 1.49. The van der Waals surface area contributed by atoms with Crippen molar-refractivity contribution in [2.75, 3.05) is 38.3 Å². The maximum absolute atomic E-state index is 12.2. The van der Waals surface area contributed by atoms with E-state index in [1.807, 2.05) is 24.0 Å².